The van der Waals surface area contributed by atoms with Gasteiger partial charge in [-0.25, -0.2) is 14.6 Å². The van der Waals surface area contributed by atoms with Crippen LogP contribution in [0.5, 0.6) is 0 Å². The van der Waals surface area contributed by atoms with Gasteiger partial charge in [-0.3, -0.25) is 0 Å². The predicted molar refractivity (Wildman–Crippen MR) is 85.4 cm³/mol. The van der Waals surface area contributed by atoms with Crippen molar-refractivity contribution in [3.8, 4) is 6.07 Å². The molecule has 116 valence electrons. The van der Waals surface area contributed by atoms with Crippen LogP contribution in [0.25, 0.3) is 11.0 Å². The maximum absolute atomic E-state index is 10.2. The van der Waals surface area contributed by atoms with Crippen molar-refractivity contribution in [3.05, 3.63) is 48.4 Å². The molecular weight excluding hydrogens is 292 g/mol. The van der Waals surface area contributed by atoms with Crippen LogP contribution in [-0.2, 0) is 6.54 Å². The monoisotopic (exact) mass is 308 g/mol. The van der Waals surface area contributed by atoms with Gasteiger partial charge >= 0.3 is 0 Å². The average molecular weight is 308 g/mol. The number of nitriles is 1. The number of nitrogens with zero attached hydrogens (tertiary/aromatic N) is 5. The van der Waals surface area contributed by atoms with E-state index in [0.29, 0.717) is 31.0 Å². The molecule has 0 aliphatic carbocycles. The van der Waals surface area contributed by atoms with Crippen LogP contribution in [0.4, 0.5) is 5.82 Å². The highest BCUT2D eigenvalue weighted by molar-refractivity contribution is 5.86. The molecule has 3 aromatic rings. The van der Waals surface area contributed by atoms with Crippen LogP contribution in [0, 0.1) is 11.3 Å². The van der Waals surface area contributed by atoms with Crippen LogP contribution in [0.1, 0.15) is 18.1 Å². The van der Waals surface area contributed by atoms with Gasteiger partial charge in [0, 0.05) is 6.54 Å². The second-order valence-electron chi connectivity index (χ2n) is 5.04. The largest absolute Gasteiger partial charge is 0.387 e. The van der Waals surface area contributed by atoms with Gasteiger partial charge in [0.15, 0.2) is 5.65 Å². The van der Waals surface area contributed by atoms with E-state index in [-0.39, 0.29) is 0 Å². The van der Waals surface area contributed by atoms with E-state index in [2.05, 4.69) is 26.5 Å². The molecule has 0 saturated heterocycles. The third kappa shape index (κ3) is 3.27. The highest BCUT2D eigenvalue weighted by atomic mass is 16.3. The molecule has 0 spiro atoms. The summed E-state index contributed by atoms with van der Waals surface area (Å²) in [4.78, 5) is 8.43. The quantitative estimate of drug-likeness (QED) is 0.721. The van der Waals surface area contributed by atoms with Gasteiger partial charge in [0.05, 0.1) is 36.7 Å². The number of aryl methyl sites for hydroxylation is 1. The molecule has 0 unspecified atom stereocenters. The van der Waals surface area contributed by atoms with Crippen LogP contribution < -0.4 is 5.32 Å². The molecule has 7 heteroatoms. The Bertz CT molecular complexity index is 823. The number of fused-ring (bicyclic) bond motifs is 1. The second-order valence-corrected chi connectivity index (χ2v) is 5.04. The number of rotatable bonds is 6. The first-order valence-corrected chi connectivity index (χ1v) is 7.30. The highest BCUT2D eigenvalue weighted by Crippen LogP contribution is 2.20. The SMILES string of the molecule is N#CCCn1ncc2c(NC[C@@H](O)c3ccccc3)ncnc21. The fourth-order valence-corrected chi connectivity index (χ4v) is 2.34. The highest BCUT2D eigenvalue weighted by Gasteiger charge is 2.12. The Kier molecular flexibility index (Phi) is 4.45. The van der Waals surface area contributed by atoms with Gasteiger partial charge in [-0.05, 0) is 5.56 Å². The molecule has 23 heavy (non-hydrogen) atoms. The molecule has 1 aromatic carbocycles. The van der Waals surface area contributed by atoms with Crippen molar-refractivity contribution in [1.29, 1.82) is 5.26 Å². The van der Waals surface area contributed by atoms with Crippen LogP contribution in [0.2, 0.25) is 0 Å². The summed E-state index contributed by atoms with van der Waals surface area (Å²) in [7, 11) is 0. The van der Waals surface area contributed by atoms with Gasteiger partial charge < -0.3 is 10.4 Å². The second kappa shape index (κ2) is 6.85. The van der Waals surface area contributed by atoms with Gasteiger partial charge in [-0.2, -0.15) is 10.4 Å². The van der Waals surface area contributed by atoms with E-state index in [9.17, 15) is 5.11 Å². The molecule has 0 fully saturated rings. The van der Waals surface area contributed by atoms with Crippen LogP contribution in [0.3, 0.4) is 0 Å². The minimum absolute atomic E-state index is 0.333. The molecule has 0 saturated carbocycles. The Balaban J connectivity index is 1.76. The first-order chi connectivity index (χ1) is 11.3. The van der Waals surface area contributed by atoms with Crippen molar-refractivity contribution in [2.75, 3.05) is 11.9 Å². The molecule has 7 nitrogen and oxygen atoms in total. The first-order valence-electron chi connectivity index (χ1n) is 7.30. The number of hydrogen-bond donors (Lipinski definition) is 2. The third-order valence-corrected chi connectivity index (χ3v) is 3.52. The summed E-state index contributed by atoms with van der Waals surface area (Å²) in [5.41, 5.74) is 1.52. The minimum atomic E-state index is -0.630. The van der Waals surface area contributed by atoms with Gasteiger partial charge in [0.2, 0.25) is 0 Å². The maximum Gasteiger partial charge on any atom is 0.163 e. The molecule has 0 aliphatic rings. The number of aliphatic hydroxyl groups excluding tert-OH is 1. The predicted octanol–water partition coefficient (Wildman–Crippen LogP) is 1.89. The number of hydrogen-bond acceptors (Lipinski definition) is 6. The lowest BCUT2D eigenvalue weighted by molar-refractivity contribution is 0.191. The van der Waals surface area contributed by atoms with E-state index in [4.69, 9.17) is 5.26 Å². The van der Waals surface area contributed by atoms with E-state index >= 15 is 0 Å². The molecule has 2 heterocycles. The molecular formula is C16H16N6O. The molecule has 1 atom stereocenters. The zero-order chi connectivity index (χ0) is 16.1. The van der Waals surface area contributed by atoms with Crippen LogP contribution in [-0.4, -0.2) is 31.4 Å². The Morgan fingerprint density at radius 3 is 2.87 bits per heavy atom. The van der Waals surface area contributed by atoms with Crippen molar-refractivity contribution >= 4 is 16.9 Å². The molecule has 0 radical (unpaired) electrons. The molecule has 3 rings (SSSR count). The summed E-state index contributed by atoms with van der Waals surface area (Å²) in [6, 6.07) is 11.5. The van der Waals surface area contributed by atoms with Crippen molar-refractivity contribution < 1.29 is 5.11 Å². The van der Waals surface area contributed by atoms with Crippen molar-refractivity contribution in [1.82, 2.24) is 19.7 Å². The normalized spacial score (nSPS) is 12.0. The third-order valence-electron chi connectivity index (χ3n) is 3.52. The summed E-state index contributed by atoms with van der Waals surface area (Å²) in [5, 5.41) is 27.0. The van der Waals surface area contributed by atoms with E-state index in [1.807, 2.05) is 30.3 Å². The summed E-state index contributed by atoms with van der Waals surface area (Å²) >= 11 is 0. The number of aromatic nitrogens is 4. The van der Waals surface area contributed by atoms with Crippen molar-refractivity contribution in [2.45, 2.75) is 19.1 Å². The van der Waals surface area contributed by atoms with E-state index in [1.165, 1.54) is 6.33 Å². The lowest BCUT2D eigenvalue weighted by Gasteiger charge is -2.12. The van der Waals surface area contributed by atoms with Crippen molar-refractivity contribution in [3.63, 3.8) is 0 Å². The van der Waals surface area contributed by atoms with Crippen LogP contribution >= 0.6 is 0 Å². The van der Waals surface area contributed by atoms with Crippen LogP contribution in [0.15, 0.2) is 42.9 Å². The van der Waals surface area contributed by atoms with E-state index in [0.717, 1.165) is 10.9 Å². The zero-order valence-electron chi connectivity index (χ0n) is 12.4. The summed E-state index contributed by atoms with van der Waals surface area (Å²) < 4.78 is 1.68. The van der Waals surface area contributed by atoms with Crippen molar-refractivity contribution in [2.24, 2.45) is 0 Å². The summed E-state index contributed by atoms with van der Waals surface area (Å²) in [5.74, 6) is 0.619. The molecule has 2 aromatic heterocycles. The number of anilines is 1. The number of benzene rings is 1. The Morgan fingerprint density at radius 2 is 2.09 bits per heavy atom. The number of aliphatic hydroxyl groups is 1. The topological polar surface area (TPSA) is 99.7 Å². The summed E-state index contributed by atoms with van der Waals surface area (Å²) in [6.45, 7) is 0.822. The van der Waals surface area contributed by atoms with Gasteiger partial charge in [-0.1, -0.05) is 30.3 Å². The Hall–Kier alpha value is -2.98. The van der Waals surface area contributed by atoms with Gasteiger partial charge in [0.25, 0.3) is 0 Å². The summed E-state index contributed by atoms with van der Waals surface area (Å²) in [6.07, 6.45) is 2.86. The first kappa shape index (κ1) is 14.9. The lowest BCUT2D eigenvalue weighted by Crippen LogP contribution is -2.13. The standard InChI is InChI=1S/C16H16N6O/c17-7-4-8-22-16-13(9-21-22)15(19-11-20-16)18-10-14(23)12-5-2-1-3-6-12/h1-3,5-6,9,11,14,23H,4,8,10H2,(H,18,19,20)/t14-/m1/s1. The fraction of sp³-hybridized carbons (Fsp3) is 0.250. The maximum atomic E-state index is 10.2. The van der Waals surface area contributed by atoms with E-state index < -0.39 is 6.10 Å². The van der Waals surface area contributed by atoms with Gasteiger partial charge in [-0.15, -0.1) is 0 Å². The Morgan fingerprint density at radius 1 is 1.26 bits per heavy atom. The smallest absolute Gasteiger partial charge is 0.163 e. The molecule has 2 N–H and O–H groups in total. The lowest BCUT2D eigenvalue weighted by atomic mass is 10.1. The molecule has 0 bridgehead atoms. The average Bonchev–Trinajstić information content (AvgIpc) is 3.02. The minimum Gasteiger partial charge on any atom is -0.387 e. The van der Waals surface area contributed by atoms with E-state index in [1.54, 1.807) is 10.9 Å². The number of nitrogens with one attached hydrogen (secondary N) is 1. The molecule has 0 aliphatic heterocycles. The van der Waals surface area contributed by atoms with Gasteiger partial charge in [0.1, 0.15) is 12.1 Å². The zero-order valence-corrected chi connectivity index (χ0v) is 12.4. The fourth-order valence-electron chi connectivity index (χ4n) is 2.34. The Labute approximate surface area is 133 Å². The molecule has 0 amide bonds.